The molecule has 0 atom stereocenters. The van der Waals surface area contributed by atoms with E-state index >= 15 is 0 Å². The van der Waals surface area contributed by atoms with Crippen LogP contribution in [0.4, 0.5) is 19.0 Å². The lowest BCUT2D eigenvalue weighted by Crippen LogP contribution is -2.38. The first-order valence-electron chi connectivity index (χ1n) is 6.05. The Morgan fingerprint density at radius 1 is 1.26 bits per heavy atom. The fourth-order valence-corrected chi connectivity index (χ4v) is 2.16. The summed E-state index contributed by atoms with van der Waals surface area (Å²) in [6.45, 7) is 1.38. The van der Waals surface area contributed by atoms with E-state index in [2.05, 4.69) is 15.4 Å². The number of anilines is 1. The maximum Gasteiger partial charge on any atom is 0.391 e. The van der Waals surface area contributed by atoms with Gasteiger partial charge >= 0.3 is 6.18 Å². The van der Waals surface area contributed by atoms with Crippen molar-refractivity contribution in [2.75, 3.05) is 18.5 Å². The van der Waals surface area contributed by atoms with Crippen molar-refractivity contribution in [3.8, 4) is 0 Å². The third kappa shape index (κ3) is 3.77. The summed E-state index contributed by atoms with van der Waals surface area (Å²) < 4.78 is 37.6. The van der Waals surface area contributed by atoms with E-state index in [0.29, 0.717) is 25.5 Å². The summed E-state index contributed by atoms with van der Waals surface area (Å²) in [6, 6.07) is 0. The van der Waals surface area contributed by atoms with Crippen LogP contribution in [0, 0.1) is 5.92 Å². The zero-order valence-electron chi connectivity index (χ0n) is 10.3. The maximum absolute atomic E-state index is 12.5. The highest BCUT2D eigenvalue weighted by Gasteiger charge is 2.40. The number of hydrogen-bond acceptors (Lipinski definition) is 5. The minimum Gasteiger partial charge on any atom is -0.307 e. The summed E-state index contributed by atoms with van der Waals surface area (Å²) in [5, 5.41) is 0. The van der Waals surface area contributed by atoms with Gasteiger partial charge in [0.05, 0.1) is 24.0 Å². The Hall–Kier alpha value is -1.41. The molecule has 0 radical (unpaired) electrons. The van der Waals surface area contributed by atoms with Gasteiger partial charge in [-0.15, -0.1) is 0 Å². The van der Waals surface area contributed by atoms with Crippen molar-refractivity contribution in [3.05, 3.63) is 18.1 Å². The van der Waals surface area contributed by atoms with Crippen LogP contribution in [0.2, 0.25) is 0 Å². The summed E-state index contributed by atoms with van der Waals surface area (Å²) in [5.41, 5.74) is 3.09. The first-order valence-corrected chi connectivity index (χ1v) is 6.05. The normalized spacial score (nSPS) is 18.5. The minimum atomic E-state index is -4.07. The van der Waals surface area contributed by atoms with E-state index in [1.54, 1.807) is 6.20 Å². The lowest BCUT2D eigenvalue weighted by molar-refractivity contribution is -0.185. The molecule has 2 heterocycles. The van der Waals surface area contributed by atoms with E-state index in [1.165, 1.54) is 6.20 Å². The molecule has 0 amide bonds. The highest BCUT2D eigenvalue weighted by atomic mass is 19.4. The number of piperidine rings is 1. The molecule has 0 unspecified atom stereocenters. The second-order valence-corrected chi connectivity index (χ2v) is 4.63. The number of hydrazine groups is 1. The van der Waals surface area contributed by atoms with Crippen LogP contribution in [0.1, 0.15) is 18.5 Å². The van der Waals surface area contributed by atoms with Crippen LogP contribution in [-0.4, -0.2) is 34.1 Å². The molecule has 0 spiro atoms. The highest BCUT2D eigenvalue weighted by Crippen LogP contribution is 2.34. The molecule has 1 aliphatic heterocycles. The molecular formula is C11H16F3N5. The molecule has 1 aromatic rings. The van der Waals surface area contributed by atoms with Gasteiger partial charge in [-0.1, -0.05) is 0 Å². The number of nitrogen functional groups attached to an aromatic ring is 1. The zero-order valence-corrected chi connectivity index (χ0v) is 10.3. The van der Waals surface area contributed by atoms with Gasteiger partial charge in [-0.05, 0) is 25.9 Å². The van der Waals surface area contributed by atoms with Crippen molar-refractivity contribution < 1.29 is 13.2 Å². The quantitative estimate of drug-likeness (QED) is 0.647. The Bertz CT molecular complexity index is 398. The van der Waals surface area contributed by atoms with E-state index in [4.69, 9.17) is 5.84 Å². The van der Waals surface area contributed by atoms with Gasteiger partial charge in [0, 0.05) is 6.54 Å². The smallest absolute Gasteiger partial charge is 0.307 e. The average molecular weight is 275 g/mol. The summed E-state index contributed by atoms with van der Waals surface area (Å²) in [4.78, 5) is 10.1. The van der Waals surface area contributed by atoms with Crippen molar-refractivity contribution in [1.82, 2.24) is 14.9 Å². The van der Waals surface area contributed by atoms with Gasteiger partial charge in [0.1, 0.15) is 0 Å². The molecule has 1 aliphatic rings. The second kappa shape index (κ2) is 5.70. The lowest BCUT2D eigenvalue weighted by Gasteiger charge is -2.32. The van der Waals surface area contributed by atoms with Crippen molar-refractivity contribution in [2.45, 2.75) is 25.6 Å². The average Bonchev–Trinajstić information content (AvgIpc) is 2.39. The predicted molar refractivity (Wildman–Crippen MR) is 63.9 cm³/mol. The van der Waals surface area contributed by atoms with Gasteiger partial charge in [-0.25, -0.2) is 10.8 Å². The number of hydrogen-bond donors (Lipinski definition) is 2. The summed E-state index contributed by atoms with van der Waals surface area (Å²) in [6.07, 6.45) is -0.693. The van der Waals surface area contributed by atoms with Crippen LogP contribution in [0.5, 0.6) is 0 Å². The van der Waals surface area contributed by atoms with E-state index in [9.17, 15) is 13.2 Å². The predicted octanol–water partition coefficient (Wildman–Crippen LogP) is 1.54. The van der Waals surface area contributed by atoms with Crippen LogP contribution in [0.25, 0.3) is 0 Å². The number of nitrogens with two attached hydrogens (primary N) is 1. The van der Waals surface area contributed by atoms with Gasteiger partial charge in [-0.3, -0.25) is 9.88 Å². The molecule has 106 valence electrons. The number of halogens is 3. The second-order valence-electron chi connectivity index (χ2n) is 4.63. The minimum absolute atomic E-state index is 0.152. The Kier molecular flexibility index (Phi) is 4.20. The molecule has 0 aromatic carbocycles. The Morgan fingerprint density at radius 2 is 1.95 bits per heavy atom. The van der Waals surface area contributed by atoms with E-state index in [0.717, 1.165) is 5.69 Å². The number of rotatable bonds is 3. The number of alkyl halides is 3. The molecule has 5 nitrogen and oxygen atoms in total. The Labute approximate surface area is 109 Å². The van der Waals surface area contributed by atoms with Crippen molar-refractivity contribution in [3.63, 3.8) is 0 Å². The van der Waals surface area contributed by atoms with Crippen LogP contribution in [-0.2, 0) is 6.54 Å². The molecule has 0 aliphatic carbocycles. The first-order chi connectivity index (χ1) is 8.99. The topological polar surface area (TPSA) is 67.1 Å². The summed E-state index contributed by atoms with van der Waals surface area (Å²) in [7, 11) is 0. The largest absolute Gasteiger partial charge is 0.391 e. The molecule has 2 rings (SSSR count). The highest BCUT2D eigenvalue weighted by molar-refractivity contribution is 5.28. The number of nitrogens with one attached hydrogen (secondary N) is 1. The third-order valence-corrected chi connectivity index (χ3v) is 3.29. The lowest BCUT2D eigenvalue weighted by atomic mass is 9.96. The van der Waals surface area contributed by atoms with Gasteiger partial charge in [0.25, 0.3) is 0 Å². The van der Waals surface area contributed by atoms with Crippen molar-refractivity contribution in [1.29, 1.82) is 0 Å². The molecule has 1 aromatic heterocycles. The molecule has 0 bridgehead atoms. The SMILES string of the molecule is NNc1cnc(CN2CCC(C(F)(F)F)CC2)cn1. The molecule has 1 fully saturated rings. The van der Waals surface area contributed by atoms with Crippen LogP contribution in [0.15, 0.2) is 12.4 Å². The molecule has 1 saturated heterocycles. The zero-order chi connectivity index (χ0) is 13.9. The van der Waals surface area contributed by atoms with Crippen molar-refractivity contribution >= 4 is 5.82 Å². The van der Waals surface area contributed by atoms with Crippen LogP contribution in [0.3, 0.4) is 0 Å². The van der Waals surface area contributed by atoms with E-state index in [-0.39, 0.29) is 12.8 Å². The fraction of sp³-hybridized carbons (Fsp3) is 0.636. The standard InChI is InChI=1S/C11H16F3N5/c12-11(13,14)8-1-3-19(4-2-8)7-9-5-17-10(18-15)6-16-9/h5-6,8H,1-4,7,15H2,(H,17,18). The first kappa shape index (κ1) is 14.0. The number of aromatic nitrogens is 2. The van der Waals surface area contributed by atoms with Gasteiger partial charge in [0.15, 0.2) is 5.82 Å². The fourth-order valence-electron chi connectivity index (χ4n) is 2.16. The summed E-state index contributed by atoms with van der Waals surface area (Å²) >= 11 is 0. The van der Waals surface area contributed by atoms with Gasteiger partial charge < -0.3 is 5.43 Å². The van der Waals surface area contributed by atoms with Crippen LogP contribution >= 0.6 is 0 Å². The van der Waals surface area contributed by atoms with Gasteiger partial charge in [0.2, 0.25) is 0 Å². The van der Waals surface area contributed by atoms with Crippen molar-refractivity contribution in [2.24, 2.45) is 11.8 Å². The van der Waals surface area contributed by atoms with E-state index in [1.807, 2.05) is 4.90 Å². The number of likely N-dealkylation sites (tertiary alicyclic amines) is 1. The number of nitrogens with zero attached hydrogens (tertiary/aromatic N) is 3. The Morgan fingerprint density at radius 3 is 2.42 bits per heavy atom. The molecular weight excluding hydrogens is 259 g/mol. The molecule has 3 N–H and O–H groups in total. The molecule has 8 heteroatoms. The van der Waals surface area contributed by atoms with Crippen LogP contribution < -0.4 is 11.3 Å². The third-order valence-electron chi connectivity index (χ3n) is 3.29. The van der Waals surface area contributed by atoms with E-state index < -0.39 is 12.1 Å². The monoisotopic (exact) mass is 275 g/mol. The van der Waals surface area contributed by atoms with Gasteiger partial charge in [-0.2, -0.15) is 13.2 Å². The molecule has 0 saturated carbocycles. The molecule has 19 heavy (non-hydrogen) atoms. The Balaban J connectivity index is 1.85. The summed E-state index contributed by atoms with van der Waals surface area (Å²) in [5.74, 6) is 4.46. The maximum atomic E-state index is 12.5.